The van der Waals surface area contributed by atoms with Gasteiger partial charge in [-0.2, -0.15) is 0 Å². The van der Waals surface area contributed by atoms with Gasteiger partial charge in [0.05, 0.1) is 12.3 Å². The highest BCUT2D eigenvalue weighted by Gasteiger charge is 2.06. The van der Waals surface area contributed by atoms with Crippen molar-refractivity contribution in [3.05, 3.63) is 36.2 Å². The fourth-order valence-electron chi connectivity index (χ4n) is 1.56. The summed E-state index contributed by atoms with van der Waals surface area (Å²) in [5.41, 5.74) is 7.29. The molecule has 1 aromatic carbocycles. The zero-order chi connectivity index (χ0) is 12.1. The molecular weight excluding hydrogens is 216 g/mol. The topological polar surface area (TPSA) is 61.3 Å². The zero-order valence-corrected chi connectivity index (χ0v) is 9.85. The smallest absolute Gasteiger partial charge is 0.226 e. The minimum absolute atomic E-state index is 0.579. The van der Waals surface area contributed by atoms with Gasteiger partial charge in [-0.3, -0.25) is 0 Å². The van der Waals surface area contributed by atoms with Crippen LogP contribution in [0.3, 0.4) is 0 Å². The summed E-state index contributed by atoms with van der Waals surface area (Å²) in [7, 11) is 0. The lowest BCUT2D eigenvalue weighted by atomic mass is 10.2. The van der Waals surface area contributed by atoms with Gasteiger partial charge in [0.2, 0.25) is 5.89 Å². The summed E-state index contributed by atoms with van der Waals surface area (Å²) >= 11 is 0. The largest absolute Gasteiger partial charge is 0.494 e. The molecule has 1 heterocycles. The highest BCUT2D eigenvalue weighted by molar-refractivity contribution is 5.54. The lowest BCUT2D eigenvalue weighted by molar-refractivity contribution is 0.340. The molecule has 0 aliphatic carbocycles. The average Bonchev–Trinajstić information content (AvgIpc) is 2.80. The van der Waals surface area contributed by atoms with E-state index in [1.807, 2.05) is 31.2 Å². The summed E-state index contributed by atoms with van der Waals surface area (Å²) in [6.07, 6.45) is 2.39. The molecule has 0 amide bonds. The molecule has 0 bridgehead atoms. The molecule has 0 spiro atoms. The Labute approximate surface area is 100 Å². The Kier molecular flexibility index (Phi) is 3.77. The molecule has 0 aliphatic heterocycles. The number of rotatable bonds is 5. The van der Waals surface area contributed by atoms with Gasteiger partial charge in [-0.25, -0.2) is 4.98 Å². The van der Waals surface area contributed by atoms with E-state index in [-0.39, 0.29) is 0 Å². The van der Waals surface area contributed by atoms with E-state index in [1.165, 1.54) is 0 Å². The van der Waals surface area contributed by atoms with E-state index in [9.17, 15) is 0 Å². The van der Waals surface area contributed by atoms with Crippen LogP contribution in [-0.4, -0.2) is 18.1 Å². The molecule has 2 aromatic rings. The van der Waals surface area contributed by atoms with Gasteiger partial charge in [-0.1, -0.05) is 0 Å². The number of nitrogens with two attached hydrogens (primary N) is 1. The molecule has 0 unspecified atom stereocenters. The third-order valence-electron chi connectivity index (χ3n) is 2.36. The van der Waals surface area contributed by atoms with Crippen LogP contribution in [0.1, 0.15) is 12.6 Å². The second-order valence-electron chi connectivity index (χ2n) is 3.64. The molecule has 0 saturated carbocycles. The minimum atomic E-state index is 0.579. The molecule has 0 aliphatic rings. The van der Waals surface area contributed by atoms with Gasteiger partial charge in [-0.15, -0.1) is 0 Å². The number of hydrogen-bond donors (Lipinski definition) is 1. The molecule has 2 rings (SSSR count). The van der Waals surface area contributed by atoms with Gasteiger partial charge < -0.3 is 14.9 Å². The van der Waals surface area contributed by atoms with Gasteiger partial charge in [0, 0.05) is 12.0 Å². The van der Waals surface area contributed by atoms with Crippen molar-refractivity contribution >= 4 is 0 Å². The van der Waals surface area contributed by atoms with Crippen LogP contribution in [0.2, 0.25) is 0 Å². The van der Waals surface area contributed by atoms with Crippen molar-refractivity contribution in [2.45, 2.75) is 13.3 Å². The Morgan fingerprint density at radius 1 is 1.29 bits per heavy atom. The van der Waals surface area contributed by atoms with Crippen molar-refractivity contribution in [3.63, 3.8) is 0 Å². The predicted molar refractivity (Wildman–Crippen MR) is 65.9 cm³/mol. The van der Waals surface area contributed by atoms with Crippen molar-refractivity contribution in [2.75, 3.05) is 13.2 Å². The van der Waals surface area contributed by atoms with Crippen LogP contribution in [0.4, 0.5) is 0 Å². The molecule has 0 radical (unpaired) electrons. The Hall–Kier alpha value is -1.81. The van der Waals surface area contributed by atoms with Crippen LogP contribution in [0.5, 0.6) is 5.75 Å². The normalized spacial score (nSPS) is 10.5. The third kappa shape index (κ3) is 2.85. The number of oxazole rings is 1. The Balaban J connectivity index is 2.15. The van der Waals surface area contributed by atoms with Gasteiger partial charge in [0.25, 0.3) is 0 Å². The molecule has 0 atom stereocenters. The van der Waals surface area contributed by atoms with E-state index in [4.69, 9.17) is 14.9 Å². The number of benzene rings is 1. The average molecular weight is 232 g/mol. The van der Waals surface area contributed by atoms with E-state index >= 15 is 0 Å². The number of aromatic nitrogens is 1. The molecule has 4 heteroatoms. The van der Waals surface area contributed by atoms with Crippen molar-refractivity contribution in [2.24, 2.45) is 5.73 Å². The van der Waals surface area contributed by atoms with Crippen LogP contribution in [-0.2, 0) is 6.42 Å². The first-order valence-electron chi connectivity index (χ1n) is 5.71. The fraction of sp³-hybridized carbons (Fsp3) is 0.308. The van der Waals surface area contributed by atoms with E-state index in [0.717, 1.165) is 23.4 Å². The highest BCUT2D eigenvalue weighted by atomic mass is 16.5. The number of hydrogen-bond acceptors (Lipinski definition) is 4. The van der Waals surface area contributed by atoms with Crippen LogP contribution in [0.15, 0.2) is 34.9 Å². The fourth-order valence-corrected chi connectivity index (χ4v) is 1.56. The Morgan fingerprint density at radius 3 is 2.71 bits per heavy atom. The quantitative estimate of drug-likeness (QED) is 0.858. The SMILES string of the molecule is CCOc1ccc(-c2nc(CCN)co2)cc1. The van der Waals surface area contributed by atoms with Gasteiger partial charge in [0.1, 0.15) is 12.0 Å². The van der Waals surface area contributed by atoms with E-state index in [1.54, 1.807) is 6.26 Å². The molecule has 17 heavy (non-hydrogen) atoms. The first-order valence-corrected chi connectivity index (χ1v) is 5.71. The third-order valence-corrected chi connectivity index (χ3v) is 2.36. The van der Waals surface area contributed by atoms with Gasteiger partial charge in [-0.05, 0) is 37.7 Å². The second-order valence-corrected chi connectivity index (χ2v) is 3.64. The second kappa shape index (κ2) is 5.50. The molecule has 0 saturated heterocycles. The van der Waals surface area contributed by atoms with Crippen LogP contribution >= 0.6 is 0 Å². The lowest BCUT2D eigenvalue weighted by Crippen LogP contribution is -2.02. The summed E-state index contributed by atoms with van der Waals surface area (Å²) in [5.74, 6) is 1.47. The van der Waals surface area contributed by atoms with Crippen molar-refractivity contribution < 1.29 is 9.15 Å². The Morgan fingerprint density at radius 2 is 2.06 bits per heavy atom. The van der Waals surface area contributed by atoms with Crippen LogP contribution in [0.25, 0.3) is 11.5 Å². The number of ether oxygens (including phenoxy) is 1. The summed E-state index contributed by atoms with van der Waals surface area (Å²) < 4.78 is 10.8. The molecule has 4 nitrogen and oxygen atoms in total. The molecule has 2 N–H and O–H groups in total. The highest BCUT2D eigenvalue weighted by Crippen LogP contribution is 2.21. The molecule has 0 fully saturated rings. The van der Waals surface area contributed by atoms with E-state index < -0.39 is 0 Å². The zero-order valence-electron chi connectivity index (χ0n) is 9.85. The van der Waals surface area contributed by atoms with Crippen LogP contribution < -0.4 is 10.5 Å². The monoisotopic (exact) mass is 232 g/mol. The standard InChI is InChI=1S/C13H16N2O2/c1-2-16-12-5-3-10(4-6-12)13-15-11(7-8-14)9-17-13/h3-6,9H,2,7-8,14H2,1H3. The molecule has 90 valence electrons. The molecule has 1 aromatic heterocycles. The first-order chi connectivity index (χ1) is 8.33. The van der Waals surface area contributed by atoms with Crippen molar-refractivity contribution in [1.29, 1.82) is 0 Å². The maximum absolute atomic E-state index is 5.46. The van der Waals surface area contributed by atoms with Crippen LogP contribution in [0, 0.1) is 0 Å². The minimum Gasteiger partial charge on any atom is -0.494 e. The first kappa shape index (κ1) is 11.7. The summed E-state index contributed by atoms with van der Waals surface area (Å²) in [6.45, 7) is 3.20. The summed E-state index contributed by atoms with van der Waals surface area (Å²) in [5, 5.41) is 0. The van der Waals surface area contributed by atoms with E-state index in [2.05, 4.69) is 4.98 Å². The Bertz CT molecular complexity index is 463. The summed E-state index contributed by atoms with van der Waals surface area (Å²) in [4.78, 5) is 4.36. The van der Waals surface area contributed by atoms with Crippen molar-refractivity contribution in [3.8, 4) is 17.2 Å². The number of nitrogens with zero attached hydrogens (tertiary/aromatic N) is 1. The maximum atomic E-state index is 5.46. The van der Waals surface area contributed by atoms with Crippen molar-refractivity contribution in [1.82, 2.24) is 4.98 Å². The maximum Gasteiger partial charge on any atom is 0.226 e. The van der Waals surface area contributed by atoms with E-state index in [0.29, 0.717) is 19.0 Å². The van der Waals surface area contributed by atoms with Gasteiger partial charge in [0.15, 0.2) is 0 Å². The summed E-state index contributed by atoms with van der Waals surface area (Å²) in [6, 6.07) is 7.68. The molecular formula is C13H16N2O2. The predicted octanol–water partition coefficient (Wildman–Crippen LogP) is 2.24. The van der Waals surface area contributed by atoms with Gasteiger partial charge >= 0.3 is 0 Å². The lowest BCUT2D eigenvalue weighted by Gasteiger charge is -2.02.